The third-order valence-corrected chi connectivity index (χ3v) is 7.69. The largest absolute Gasteiger partial charge is 0.497 e. The fourth-order valence-electron chi connectivity index (χ4n) is 4.42. The molecule has 0 aliphatic carbocycles. The fourth-order valence-corrected chi connectivity index (χ4v) is 5.06. The highest BCUT2D eigenvalue weighted by Crippen LogP contribution is 2.35. The Morgan fingerprint density at radius 1 is 1.14 bits per heavy atom. The molecule has 0 amide bonds. The van der Waals surface area contributed by atoms with Crippen molar-refractivity contribution in [3.63, 3.8) is 0 Å². The molecule has 3 aromatic heterocycles. The van der Waals surface area contributed by atoms with Crippen LogP contribution in [0, 0.1) is 6.92 Å². The molecule has 0 aliphatic rings. The lowest BCUT2D eigenvalue weighted by molar-refractivity contribution is 0.414. The summed E-state index contributed by atoms with van der Waals surface area (Å²) in [4.78, 5) is 20.4. The molecule has 5 rings (SSSR count). The number of hydrogen-bond donors (Lipinski definition) is 2. The predicted octanol–water partition coefficient (Wildman–Crippen LogP) is 4.01. The molecule has 5 aromatic rings. The Bertz CT molecular complexity index is 1760. The van der Waals surface area contributed by atoms with E-state index < -0.39 is 10.0 Å². The van der Waals surface area contributed by atoms with Gasteiger partial charge in [0.1, 0.15) is 22.6 Å². The molecule has 2 N–H and O–H groups in total. The lowest BCUT2D eigenvalue weighted by atomic mass is 10.0. The number of sulfonamides is 1. The number of fused-ring (bicyclic) bond motifs is 2. The van der Waals surface area contributed by atoms with E-state index >= 15 is 0 Å². The van der Waals surface area contributed by atoms with Gasteiger partial charge in [-0.05, 0) is 55.3 Å². The van der Waals surface area contributed by atoms with Crippen LogP contribution in [0.4, 0.5) is 5.69 Å². The molecule has 2 aromatic carbocycles. The summed E-state index contributed by atoms with van der Waals surface area (Å²) in [6, 6.07) is 13.4. The van der Waals surface area contributed by atoms with Gasteiger partial charge in [0.15, 0.2) is 0 Å². The first-order valence-corrected chi connectivity index (χ1v) is 13.2. The van der Waals surface area contributed by atoms with Gasteiger partial charge in [0.05, 0.1) is 24.1 Å². The van der Waals surface area contributed by atoms with E-state index in [0.29, 0.717) is 23.3 Å². The van der Waals surface area contributed by atoms with Gasteiger partial charge in [-0.25, -0.2) is 13.4 Å². The van der Waals surface area contributed by atoms with Crippen molar-refractivity contribution < 1.29 is 13.2 Å². The molecule has 0 aliphatic heterocycles. The molecule has 0 unspecified atom stereocenters. The lowest BCUT2D eigenvalue weighted by Gasteiger charge is -2.13. The number of aryl methyl sites for hydroxylation is 2. The van der Waals surface area contributed by atoms with Crippen molar-refractivity contribution in [2.75, 3.05) is 17.6 Å². The van der Waals surface area contributed by atoms with Gasteiger partial charge < -0.3 is 18.9 Å². The van der Waals surface area contributed by atoms with Crippen LogP contribution in [0.15, 0.2) is 59.7 Å². The zero-order valence-electron chi connectivity index (χ0n) is 20.5. The molecule has 3 heterocycles. The molecule has 0 bridgehead atoms. The molecule has 0 saturated carbocycles. The summed E-state index contributed by atoms with van der Waals surface area (Å²) in [7, 11) is -0.228. The summed E-state index contributed by atoms with van der Waals surface area (Å²) >= 11 is 0. The second-order valence-corrected chi connectivity index (χ2v) is 10.7. The van der Waals surface area contributed by atoms with Crippen LogP contribution in [0.1, 0.15) is 18.3 Å². The van der Waals surface area contributed by atoms with Crippen molar-refractivity contribution in [2.45, 2.75) is 20.4 Å². The average Bonchev–Trinajstić information content (AvgIpc) is 3.47. The standard InChI is InChI=1S/C26H27N5O4S/c1-5-36(33,34)29-22-12-18(21-15-30(3)26(32)24-20(21)10-11-27-24)13-23-25(22)28-16(2)31(23)14-17-6-8-19(35-4)9-7-17/h6-13,15,27,29H,5,14H2,1-4H3. The zero-order chi connectivity index (χ0) is 25.6. The van der Waals surface area contributed by atoms with Crippen LogP contribution in [0.5, 0.6) is 5.75 Å². The number of nitrogens with zero attached hydrogens (tertiary/aromatic N) is 3. The van der Waals surface area contributed by atoms with Gasteiger partial charge in [0.2, 0.25) is 10.0 Å². The minimum atomic E-state index is -3.55. The molecule has 0 spiro atoms. The van der Waals surface area contributed by atoms with Gasteiger partial charge in [-0.2, -0.15) is 0 Å². The van der Waals surface area contributed by atoms with Gasteiger partial charge in [-0.3, -0.25) is 9.52 Å². The number of aromatic nitrogens is 4. The highest BCUT2D eigenvalue weighted by atomic mass is 32.2. The molecule has 0 radical (unpaired) electrons. The number of nitrogens with one attached hydrogen (secondary N) is 2. The first kappa shape index (κ1) is 23.7. The summed E-state index contributed by atoms with van der Waals surface area (Å²) in [6.45, 7) is 4.04. The maximum atomic E-state index is 12.6. The molecular weight excluding hydrogens is 478 g/mol. The number of benzene rings is 2. The highest BCUT2D eigenvalue weighted by molar-refractivity contribution is 7.92. The summed E-state index contributed by atoms with van der Waals surface area (Å²) in [5.41, 5.74) is 4.74. The van der Waals surface area contributed by atoms with Crippen molar-refractivity contribution in [1.29, 1.82) is 0 Å². The SMILES string of the molecule is CCS(=O)(=O)Nc1cc(-c2cn(C)c(=O)c3[nH]ccc23)cc2c1nc(C)n2Cc1ccc(OC)cc1. The summed E-state index contributed by atoms with van der Waals surface area (Å²) < 4.78 is 36.7. The van der Waals surface area contributed by atoms with E-state index in [2.05, 4.69) is 14.3 Å². The Balaban J connectivity index is 1.75. The third kappa shape index (κ3) is 4.13. The number of methoxy groups -OCH3 is 1. The molecule has 0 atom stereocenters. The van der Waals surface area contributed by atoms with Crippen molar-refractivity contribution >= 4 is 37.6 Å². The van der Waals surface area contributed by atoms with E-state index in [-0.39, 0.29) is 11.3 Å². The minimum absolute atomic E-state index is 0.0633. The lowest BCUT2D eigenvalue weighted by Crippen LogP contribution is -2.17. The average molecular weight is 506 g/mol. The number of pyridine rings is 1. The van der Waals surface area contributed by atoms with Gasteiger partial charge >= 0.3 is 0 Å². The smallest absolute Gasteiger partial charge is 0.274 e. The number of H-pyrrole nitrogens is 1. The number of ether oxygens (including phenoxy) is 1. The highest BCUT2D eigenvalue weighted by Gasteiger charge is 2.19. The second-order valence-electron chi connectivity index (χ2n) is 8.72. The Hall–Kier alpha value is -4.05. The van der Waals surface area contributed by atoms with Crippen LogP contribution < -0.4 is 15.0 Å². The molecule has 0 saturated heterocycles. The van der Waals surface area contributed by atoms with Crippen LogP contribution in [-0.2, 0) is 23.6 Å². The number of anilines is 1. The molecule has 0 fully saturated rings. The van der Waals surface area contributed by atoms with E-state index in [1.807, 2.05) is 43.3 Å². The first-order valence-electron chi connectivity index (χ1n) is 11.5. The van der Waals surface area contributed by atoms with Crippen LogP contribution >= 0.6 is 0 Å². The molecule has 10 heteroatoms. The number of imidazole rings is 1. The molecule has 36 heavy (non-hydrogen) atoms. The normalized spacial score (nSPS) is 11.9. The molecule has 9 nitrogen and oxygen atoms in total. The van der Waals surface area contributed by atoms with E-state index in [1.54, 1.807) is 39.5 Å². The Morgan fingerprint density at radius 2 is 1.89 bits per heavy atom. The van der Waals surface area contributed by atoms with Gasteiger partial charge in [0.25, 0.3) is 5.56 Å². The van der Waals surface area contributed by atoms with Crippen molar-refractivity contribution in [3.8, 4) is 16.9 Å². The van der Waals surface area contributed by atoms with E-state index in [9.17, 15) is 13.2 Å². The first-order chi connectivity index (χ1) is 17.2. The fraction of sp³-hybridized carbons (Fsp3) is 0.231. The van der Waals surface area contributed by atoms with E-state index in [4.69, 9.17) is 9.72 Å². The van der Waals surface area contributed by atoms with Crippen LogP contribution in [0.25, 0.3) is 33.1 Å². The number of aromatic amines is 1. The number of rotatable bonds is 7. The summed E-state index contributed by atoms with van der Waals surface area (Å²) in [5, 5.41) is 0.764. The third-order valence-electron chi connectivity index (χ3n) is 6.40. The number of hydrogen-bond acceptors (Lipinski definition) is 5. The van der Waals surface area contributed by atoms with E-state index in [0.717, 1.165) is 39.2 Å². The van der Waals surface area contributed by atoms with Crippen LogP contribution in [0.2, 0.25) is 0 Å². The minimum Gasteiger partial charge on any atom is -0.497 e. The predicted molar refractivity (Wildman–Crippen MR) is 142 cm³/mol. The summed E-state index contributed by atoms with van der Waals surface area (Å²) in [5.74, 6) is 1.46. The van der Waals surface area contributed by atoms with Crippen LogP contribution in [-0.4, -0.2) is 40.4 Å². The maximum Gasteiger partial charge on any atom is 0.274 e. The van der Waals surface area contributed by atoms with Crippen molar-refractivity contribution in [2.24, 2.45) is 7.05 Å². The van der Waals surface area contributed by atoms with Gasteiger partial charge in [0, 0.05) is 36.9 Å². The Morgan fingerprint density at radius 3 is 2.58 bits per heavy atom. The Kier molecular flexibility index (Phi) is 5.83. The summed E-state index contributed by atoms with van der Waals surface area (Å²) in [6.07, 6.45) is 3.50. The van der Waals surface area contributed by atoms with Crippen molar-refractivity contribution in [1.82, 2.24) is 19.1 Å². The molecule has 186 valence electrons. The van der Waals surface area contributed by atoms with E-state index in [1.165, 1.54) is 4.57 Å². The Labute approximate surface area is 208 Å². The zero-order valence-corrected chi connectivity index (χ0v) is 21.3. The molecular formula is C26H27N5O4S. The quantitative estimate of drug-likeness (QED) is 0.347. The van der Waals surface area contributed by atoms with Crippen LogP contribution in [0.3, 0.4) is 0 Å². The van der Waals surface area contributed by atoms with Gasteiger partial charge in [-0.15, -0.1) is 0 Å². The second kappa shape index (κ2) is 8.87. The van der Waals surface area contributed by atoms with Gasteiger partial charge in [-0.1, -0.05) is 12.1 Å². The maximum absolute atomic E-state index is 12.6. The topological polar surface area (TPSA) is 111 Å². The van der Waals surface area contributed by atoms with Crippen molar-refractivity contribution in [3.05, 3.63) is 76.6 Å². The monoisotopic (exact) mass is 505 g/mol.